The molecule has 1 saturated carbocycles. The van der Waals surface area contributed by atoms with E-state index in [1.54, 1.807) is 7.11 Å². The standard InChI is InChI=1S/C18H29N3O/c1-22-18-10-6-5-9-17(18)21-13-11-20(12-14-21)16-8-4-2-3-7-15(16)19/h5-6,9-10,15-16H,2-4,7-8,11-14,19H2,1H3. The lowest BCUT2D eigenvalue weighted by atomic mass is 10.0. The van der Waals surface area contributed by atoms with Gasteiger partial charge in [-0.3, -0.25) is 4.90 Å². The maximum atomic E-state index is 6.43. The fourth-order valence-electron chi connectivity index (χ4n) is 3.96. The van der Waals surface area contributed by atoms with E-state index < -0.39 is 0 Å². The molecular weight excluding hydrogens is 274 g/mol. The van der Waals surface area contributed by atoms with Crippen molar-refractivity contribution in [3.8, 4) is 5.75 Å². The highest BCUT2D eigenvalue weighted by molar-refractivity contribution is 5.58. The normalized spacial score (nSPS) is 27.5. The van der Waals surface area contributed by atoms with Crippen LogP contribution in [-0.2, 0) is 0 Å². The Hall–Kier alpha value is -1.26. The van der Waals surface area contributed by atoms with Gasteiger partial charge in [0.25, 0.3) is 0 Å². The van der Waals surface area contributed by atoms with Crippen molar-refractivity contribution in [1.82, 2.24) is 4.90 Å². The van der Waals surface area contributed by atoms with Crippen LogP contribution < -0.4 is 15.4 Å². The van der Waals surface area contributed by atoms with Crippen LogP contribution >= 0.6 is 0 Å². The highest BCUT2D eigenvalue weighted by atomic mass is 16.5. The van der Waals surface area contributed by atoms with Crippen molar-refractivity contribution in [2.45, 2.75) is 44.2 Å². The smallest absolute Gasteiger partial charge is 0.142 e. The summed E-state index contributed by atoms with van der Waals surface area (Å²) in [6.07, 6.45) is 6.46. The SMILES string of the molecule is COc1ccccc1N1CCN(C2CCCCCC2N)CC1. The predicted octanol–water partition coefficient (Wildman–Crippen LogP) is 2.48. The third-order valence-electron chi connectivity index (χ3n) is 5.24. The molecule has 0 radical (unpaired) electrons. The van der Waals surface area contributed by atoms with Gasteiger partial charge in [0.05, 0.1) is 12.8 Å². The fourth-order valence-corrected chi connectivity index (χ4v) is 3.96. The highest BCUT2D eigenvalue weighted by Gasteiger charge is 2.29. The van der Waals surface area contributed by atoms with Gasteiger partial charge in [-0.1, -0.05) is 31.4 Å². The van der Waals surface area contributed by atoms with E-state index in [4.69, 9.17) is 10.5 Å². The van der Waals surface area contributed by atoms with E-state index in [-0.39, 0.29) is 0 Å². The van der Waals surface area contributed by atoms with Gasteiger partial charge >= 0.3 is 0 Å². The number of rotatable bonds is 3. The molecule has 0 bridgehead atoms. The van der Waals surface area contributed by atoms with Crippen LogP contribution in [-0.4, -0.2) is 50.3 Å². The number of hydrogen-bond acceptors (Lipinski definition) is 4. The zero-order chi connectivity index (χ0) is 15.4. The number of piperazine rings is 1. The second-order valence-electron chi connectivity index (χ2n) is 6.56. The number of benzene rings is 1. The molecule has 122 valence electrons. The van der Waals surface area contributed by atoms with Crippen LogP contribution in [0.4, 0.5) is 5.69 Å². The van der Waals surface area contributed by atoms with E-state index in [2.05, 4.69) is 21.9 Å². The molecule has 0 amide bonds. The number of para-hydroxylation sites is 2. The molecule has 2 unspecified atom stereocenters. The van der Waals surface area contributed by atoms with E-state index in [1.165, 1.54) is 37.8 Å². The number of anilines is 1. The molecule has 2 fully saturated rings. The summed E-state index contributed by atoms with van der Waals surface area (Å²) in [5.41, 5.74) is 7.64. The van der Waals surface area contributed by atoms with Crippen LogP contribution in [0.25, 0.3) is 0 Å². The maximum absolute atomic E-state index is 6.43. The van der Waals surface area contributed by atoms with Crippen molar-refractivity contribution in [1.29, 1.82) is 0 Å². The third kappa shape index (κ3) is 3.39. The van der Waals surface area contributed by atoms with Gasteiger partial charge in [0.2, 0.25) is 0 Å². The van der Waals surface area contributed by atoms with Crippen LogP contribution in [0.2, 0.25) is 0 Å². The number of hydrogen-bond donors (Lipinski definition) is 1. The van der Waals surface area contributed by atoms with E-state index in [1.807, 2.05) is 12.1 Å². The molecule has 2 N–H and O–H groups in total. The summed E-state index contributed by atoms with van der Waals surface area (Å²) in [6, 6.07) is 9.27. The Morgan fingerprint density at radius 2 is 1.73 bits per heavy atom. The van der Waals surface area contributed by atoms with E-state index in [9.17, 15) is 0 Å². The Labute approximate surface area is 134 Å². The molecule has 4 nitrogen and oxygen atoms in total. The van der Waals surface area contributed by atoms with Crippen molar-refractivity contribution < 1.29 is 4.74 Å². The number of methoxy groups -OCH3 is 1. The summed E-state index contributed by atoms with van der Waals surface area (Å²) in [7, 11) is 1.75. The summed E-state index contributed by atoms with van der Waals surface area (Å²) >= 11 is 0. The number of nitrogens with two attached hydrogens (primary N) is 1. The maximum Gasteiger partial charge on any atom is 0.142 e. The van der Waals surface area contributed by atoms with Crippen molar-refractivity contribution in [2.24, 2.45) is 5.73 Å². The monoisotopic (exact) mass is 303 g/mol. The first-order valence-corrected chi connectivity index (χ1v) is 8.67. The first-order valence-electron chi connectivity index (χ1n) is 8.67. The molecule has 0 spiro atoms. The first kappa shape index (κ1) is 15.6. The molecule has 0 aromatic heterocycles. The van der Waals surface area contributed by atoms with Crippen molar-refractivity contribution >= 4 is 5.69 Å². The van der Waals surface area contributed by atoms with E-state index in [0.29, 0.717) is 12.1 Å². The van der Waals surface area contributed by atoms with Crippen LogP contribution in [0.3, 0.4) is 0 Å². The Balaban J connectivity index is 1.62. The van der Waals surface area contributed by atoms with Gasteiger partial charge in [0.15, 0.2) is 0 Å². The van der Waals surface area contributed by atoms with Crippen molar-refractivity contribution in [3.63, 3.8) is 0 Å². The van der Waals surface area contributed by atoms with Crippen molar-refractivity contribution in [2.75, 3.05) is 38.2 Å². The summed E-state index contributed by atoms with van der Waals surface area (Å²) in [4.78, 5) is 5.07. The molecule has 1 heterocycles. The summed E-state index contributed by atoms with van der Waals surface area (Å²) in [6.45, 7) is 4.33. The van der Waals surface area contributed by atoms with Crippen LogP contribution in [0.15, 0.2) is 24.3 Å². The lowest BCUT2D eigenvalue weighted by Crippen LogP contribution is -2.55. The molecule has 1 aliphatic carbocycles. The summed E-state index contributed by atoms with van der Waals surface area (Å²) in [5.74, 6) is 0.974. The molecule has 4 heteroatoms. The van der Waals surface area contributed by atoms with Gasteiger partial charge in [0.1, 0.15) is 5.75 Å². The largest absolute Gasteiger partial charge is 0.495 e. The van der Waals surface area contributed by atoms with Gasteiger partial charge in [-0.25, -0.2) is 0 Å². The molecule has 2 atom stereocenters. The predicted molar refractivity (Wildman–Crippen MR) is 91.6 cm³/mol. The molecule has 3 rings (SSSR count). The van der Waals surface area contributed by atoms with Crippen LogP contribution in [0, 0.1) is 0 Å². The Bertz CT molecular complexity index is 471. The molecule has 1 aromatic carbocycles. The second-order valence-corrected chi connectivity index (χ2v) is 6.56. The quantitative estimate of drug-likeness (QED) is 0.871. The highest BCUT2D eigenvalue weighted by Crippen LogP contribution is 2.29. The average molecular weight is 303 g/mol. The van der Waals surface area contributed by atoms with Crippen molar-refractivity contribution in [3.05, 3.63) is 24.3 Å². The zero-order valence-corrected chi connectivity index (χ0v) is 13.7. The van der Waals surface area contributed by atoms with Gasteiger partial charge < -0.3 is 15.4 Å². The first-order chi connectivity index (χ1) is 10.8. The lowest BCUT2D eigenvalue weighted by Gasteiger charge is -2.42. The van der Waals surface area contributed by atoms with Crippen LogP contribution in [0.5, 0.6) is 5.75 Å². The fraction of sp³-hybridized carbons (Fsp3) is 0.667. The van der Waals surface area contributed by atoms with E-state index >= 15 is 0 Å². The summed E-state index contributed by atoms with van der Waals surface area (Å²) < 4.78 is 5.50. The number of nitrogens with zero attached hydrogens (tertiary/aromatic N) is 2. The van der Waals surface area contributed by atoms with Gasteiger partial charge in [-0.15, -0.1) is 0 Å². The topological polar surface area (TPSA) is 41.7 Å². The molecular formula is C18H29N3O. The summed E-state index contributed by atoms with van der Waals surface area (Å²) in [5, 5.41) is 0. The Morgan fingerprint density at radius 1 is 1.00 bits per heavy atom. The minimum Gasteiger partial charge on any atom is -0.495 e. The minimum absolute atomic E-state index is 0.361. The average Bonchev–Trinajstić information content (AvgIpc) is 2.79. The Morgan fingerprint density at radius 3 is 2.50 bits per heavy atom. The van der Waals surface area contributed by atoms with Gasteiger partial charge in [-0.05, 0) is 25.0 Å². The molecule has 2 aliphatic rings. The lowest BCUT2D eigenvalue weighted by molar-refractivity contribution is 0.153. The third-order valence-corrected chi connectivity index (χ3v) is 5.24. The molecule has 1 saturated heterocycles. The van der Waals surface area contributed by atoms with Gasteiger partial charge in [-0.2, -0.15) is 0 Å². The van der Waals surface area contributed by atoms with E-state index in [0.717, 1.165) is 31.9 Å². The van der Waals surface area contributed by atoms with Crippen LogP contribution in [0.1, 0.15) is 32.1 Å². The number of ether oxygens (including phenoxy) is 1. The zero-order valence-electron chi connectivity index (χ0n) is 13.7. The Kier molecular flexibility index (Phi) is 5.21. The molecule has 1 aliphatic heterocycles. The minimum atomic E-state index is 0.361. The molecule has 1 aromatic rings. The van der Waals surface area contributed by atoms with Gasteiger partial charge in [0, 0.05) is 38.3 Å². The second kappa shape index (κ2) is 7.34. The molecule has 22 heavy (non-hydrogen) atoms.